The number of benzene rings is 1. The Hall–Kier alpha value is -0.780. The minimum absolute atomic E-state index is 0. The number of nitrogens with one attached hydrogen (secondary N) is 1. The molecule has 3 nitrogen and oxygen atoms in total. The zero-order valence-electron chi connectivity index (χ0n) is 11.6. The van der Waals surface area contributed by atoms with Crippen LogP contribution in [0.5, 0.6) is 0 Å². The highest BCUT2D eigenvalue weighted by atomic mass is 127. The van der Waals surface area contributed by atoms with Crippen molar-refractivity contribution in [2.75, 3.05) is 20.1 Å². The quantitative estimate of drug-likeness (QED) is 0.823. The summed E-state index contributed by atoms with van der Waals surface area (Å²) >= 11 is 0. The average Bonchev–Trinajstić information content (AvgIpc) is 2.62. The largest absolute Gasteiger partial charge is 0.352 e. The third-order valence-corrected chi connectivity index (χ3v) is 3.32. The van der Waals surface area contributed by atoms with Crippen LogP contribution in [0.2, 0.25) is 0 Å². The summed E-state index contributed by atoms with van der Waals surface area (Å²) in [6.45, 7) is 9.29. The zero-order valence-corrected chi connectivity index (χ0v) is 13.9. The van der Waals surface area contributed by atoms with E-state index in [1.54, 1.807) is 0 Å². The molecule has 0 atom stereocenters. The first-order chi connectivity index (χ1) is 8.08. The normalized spacial score (nSPS) is 14.2. The molecule has 2 rings (SSSR count). The van der Waals surface area contributed by atoms with Gasteiger partial charge < -0.3 is 10.2 Å². The van der Waals surface area contributed by atoms with Gasteiger partial charge in [0.05, 0.1) is 6.54 Å². The zero-order chi connectivity index (χ0) is 12.4. The Kier molecular flexibility index (Phi) is 5.44. The molecule has 1 aromatic rings. The van der Waals surface area contributed by atoms with E-state index in [1.807, 2.05) is 0 Å². The fourth-order valence-corrected chi connectivity index (χ4v) is 2.38. The van der Waals surface area contributed by atoms with Gasteiger partial charge in [-0.25, -0.2) is 0 Å². The van der Waals surface area contributed by atoms with Gasteiger partial charge in [-0.15, -0.1) is 24.0 Å². The molecule has 0 saturated heterocycles. The van der Waals surface area contributed by atoms with Crippen molar-refractivity contribution in [1.82, 2.24) is 10.2 Å². The summed E-state index contributed by atoms with van der Waals surface area (Å²) in [6.07, 6.45) is 0. The number of aliphatic imine (C=N–C) groups is 1. The smallest absolute Gasteiger partial charge is 0.194 e. The molecule has 1 N–H and O–H groups in total. The van der Waals surface area contributed by atoms with Gasteiger partial charge in [0, 0.05) is 20.1 Å². The van der Waals surface area contributed by atoms with Crippen molar-refractivity contribution >= 4 is 29.9 Å². The molecule has 0 fully saturated rings. The van der Waals surface area contributed by atoms with Crippen LogP contribution in [0.4, 0.5) is 0 Å². The lowest BCUT2D eigenvalue weighted by Gasteiger charge is -2.17. The lowest BCUT2D eigenvalue weighted by atomic mass is 10.00. The summed E-state index contributed by atoms with van der Waals surface area (Å²) in [5.74, 6) is 1.02. The summed E-state index contributed by atoms with van der Waals surface area (Å²) in [6, 6.07) is 4.48. The molecular weight excluding hydrogens is 337 g/mol. The van der Waals surface area contributed by atoms with Crippen LogP contribution in [0.15, 0.2) is 17.1 Å². The molecule has 1 aliphatic heterocycles. The Balaban J connectivity index is 0.00000162. The highest BCUT2D eigenvalue weighted by Gasteiger charge is 2.12. The first kappa shape index (κ1) is 15.3. The van der Waals surface area contributed by atoms with Crippen LogP contribution in [-0.4, -0.2) is 31.0 Å². The molecule has 1 aliphatic rings. The lowest BCUT2D eigenvalue weighted by Crippen LogP contribution is -2.35. The molecule has 1 heterocycles. The maximum atomic E-state index is 4.44. The van der Waals surface area contributed by atoms with Crippen LogP contribution in [-0.2, 0) is 6.54 Å². The third kappa shape index (κ3) is 3.37. The molecule has 0 aromatic heterocycles. The number of nitrogens with zero attached hydrogens (tertiary/aromatic N) is 2. The Morgan fingerprint density at radius 2 is 1.83 bits per heavy atom. The molecule has 0 amide bonds. The average molecular weight is 359 g/mol. The van der Waals surface area contributed by atoms with Crippen molar-refractivity contribution in [2.45, 2.75) is 27.3 Å². The van der Waals surface area contributed by atoms with Gasteiger partial charge in [-0.1, -0.05) is 17.7 Å². The summed E-state index contributed by atoms with van der Waals surface area (Å²) in [4.78, 5) is 6.61. The standard InChI is InChI=1S/C14H21N3.HI/c1-10-7-11(2)13(12(3)8-10)9-16-14-15-5-6-17(14)4;/h7-8H,5-6,9H2,1-4H3,(H,15,16);1H. The minimum atomic E-state index is 0. The van der Waals surface area contributed by atoms with Crippen molar-refractivity contribution in [3.63, 3.8) is 0 Å². The molecule has 0 saturated carbocycles. The van der Waals surface area contributed by atoms with E-state index in [9.17, 15) is 0 Å². The van der Waals surface area contributed by atoms with Crippen LogP contribution in [0.25, 0.3) is 0 Å². The van der Waals surface area contributed by atoms with E-state index in [4.69, 9.17) is 0 Å². The van der Waals surface area contributed by atoms with Crippen LogP contribution in [0.1, 0.15) is 22.3 Å². The van der Waals surface area contributed by atoms with Gasteiger partial charge in [0.1, 0.15) is 0 Å². The maximum absolute atomic E-state index is 4.44. The van der Waals surface area contributed by atoms with Gasteiger partial charge in [-0.2, -0.15) is 0 Å². The van der Waals surface area contributed by atoms with Crippen molar-refractivity contribution in [2.24, 2.45) is 4.99 Å². The number of hydrogen-bond acceptors (Lipinski definition) is 3. The maximum Gasteiger partial charge on any atom is 0.194 e. The molecule has 4 heteroatoms. The van der Waals surface area contributed by atoms with Crippen LogP contribution < -0.4 is 5.32 Å². The first-order valence-corrected chi connectivity index (χ1v) is 6.14. The second-order valence-corrected chi connectivity index (χ2v) is 4.86. The second kappa shape index (κ2) is 6.41. The minimum Gasteiger partial charge on any atom is -0.352 e. The topological polar surface area (TPSA) is 27.6 Å². The van der Waals surface area contributed by atoms with Gasteiger partial charge in [-0.05, 0) is 37.5 Å². The fourth-order valence-electron chi connectivity index (χ4n) is 2.38. The van der Waals surface area contributed by atoms with E-state index >= 15 is 0 Å². The SMILES string of the molecule is Cc1cc(C)c(CNC2=NCCN2C)c(C)c1.I. The van der Waals surface area contributed by atoms with Gasteiger partial charge in [0.25, 0.3) is 0 Å². The van der Waals surface area contributed by atoms with Crippen LogP contribution in [0, 0.1) is 20.8 Å². The summed E-state index contributed by atoms with van der Waals surface area (Å²) in [7, 11) is 2.08. The predicted molar refractivity (Wildman–Crippen MR) is 87.8 cm³/mol. The fraction of sp³-hybridized carbons (Fsp3) is 0.500. The molecule has 1 aromatic carbocycles. The van der Waals surface area contributed by atoms with E-state index in [0.717, 1.165) is 25.6 Å². The Morgan fingerprint density at radius 1 is 1.22 bits per heavy atom. The first-order valence-electron chi connectivity index (χ1n) is 6.14. The Bertz CT molecular complexity index is 431. The molecule has 18 heavy (non-hydrogen) atoms. The molecule has 0 aliphatic carbocycles. The number of hydrogen-bond donors (Lipinski definition) is 1. The monoisotopic (exact) mass is 359 g/mol. The van der Waals surface area contributed by atoms with Gasteiger partial charge in [0.2, 0.25) is 0 Å². The summed E-state index contributed by atoms with van der Waals surface area (Å²) in [5, 5.41) is 3.42. The van der Waals surface area contributed by atoms with Gasteiger partial charge >= 0.3 is 0 Å². The van der Waals surface area contributed by atoms with Gasteiger partial charge in [-0.3, -0.25) is 4.99 Å². The van der Waals surface area contributed by atoms with E-state index in [0.29, 0.717) is 0 Å². The highest BCUT2D eigenvalue weighted by molar-refractivity contribution is 14.0. The van der Waals surface area contributed by atoms with Crippen LogP contribution in [0.3, 0.4) is 0 Å². The number of guanidine groups is 1. The van der Waals surface area contributed by atoms with Crippen molar-refractivity contribution < 1.29 is 0 Å². The third-order valence-electron chi connectivity index (χ3n) is 3.32. The summed E-state index contributed by atoms with van der Waals surface area (Å²) < 4.78 is 0. The second-order valence-electron chi connectivity index (χ2n) is 4.86. The number of rotatable bonds is 2. The van der Waals surface area contributed by atoms with E-state index in [-0.39, 0.29) is 24.0 Å². The molecule has 0 unspecified atom stereocenters. The number of halogens is 1. The molecule has 100 valence electrons. The van der Waals surface area contributed by atoms with E-state index in [2.05, 4.69) is 55.2 Å². The Morgan fingerprint density at radius 3 is 2.33 bits per heavy atom. The number of aryl methyl sites for hydroxylation is 3. The van der Waals surface area contributed by atoms with Crippen molar-refractivity contribution in [1.29, 1.82) is 0 Å². The lowest BCUT2D eigenvalue weighted by molar-refractivity contribution is 0.533. The highest BCUT2D eigenvalue weighted by Crippen LogP contribution is 2.16. The Labute approximate surface area is 127 Å². The molecule has 0 spiro atoms. The molecule has 0 bridgehead atoms. The van der Waals surface area contributed by atoms with Crippen LogP contribution >= 0.6 is 24.0 Å². The number of likely N-dealkylation sites (N-methyl/N-ethyl adjacent to an activating group) is 1. The predicted octanol–water partition coefficient (Wildman–Crippen LogP) is 2.62. The summed E-state index contributed by atoms with van der Waals surface area (Å²) in [5.41, 5.74) is 5.44. The van der Waals surface area contributed by atoms with Gasteiger partial charge in [0.15, 0.2) is 5.96 Å². The van der Waals surface area contributed by atoms with E-state index in [1.165, 1.54) is 22.3 Å². The van der Waals surface area contributed by atoms with Crippen molar-refractivity contribution in [3.8, 4) is 0 Å². The molecule has 0 radical (unpaired) electrons. The van der Waals surface area contributed by atoms with Crippen molar-refractivity contribution in [3.05, 3.63) is 34.4 Å². The molecular formula is C14H22IN3. The van der Waals surface area contributed by atoms with E-state index < -0.39 is 0 Å².